The number of methoxy groups -OCH3 is 3. The Labute approximate surface area is 190 Å². The highest BCUT2D eigenvalue weighted by molar-refractivity contribution is 6.05. The minimum absolute atomic E-state index is 0.324. The number of ether oxygens (including phenoxy) is 4. The van der Waals surface area contributed by atoms with Crippen LogP contribution in [0, 0.1) is 0 Å². The number of rotatable bonds is 8. The van der Waals surface area contributed by atoms with Crippen LogP contribution in [-0.2, 0) is 0 Å². The van der Waals surface area contributed by atoms with E-state index in [1.807, 2.05) is 29.1 Å². The molecule has 0 spiro atoms. The fourth-order valence-electron chi connectivity index (χ4n) is 3.16. The van der Waals surface area contributed by atoms with Crippen molar-refractivity contribution in [3.8, 4) is 34.7 Å². The minimum atomic E-state index is -0.324. The van der Waals surface area contributed by atoms with Crippen LogP contribution in [0.15, 0.2) is 73.3 Å². The van der Waals surface area contributed by atoms with E-state index in [1.165, 1.54) is 27.7 Å². The molecule has 4 aromatic rings. The molecular formula is C24H22N4O5. The van der Waals surface area contributed by atoms with E-state index >= 15 is 0 Å². The van der Waals surface area contributed by atoms with Crippen molar-refractivity contribution in [3.63, 3.8) is 0 Å². The van der Waals surface area contributed by atoms with E-state index in [4.69, 9.17) is 18.9 Å². The Morgan fingerprint density at radius 1 is 0.879 bits per heavy atom. The van der Waals surface area contributed by atoms with Crippen molar-refractivity contribution in [2.24, 2.45) is 0 Å². The van der Waals surface area contributed by atoms with Gasteiger partial charge in [0.25, 0.3) is 5.91 Å². The molecule has 2 aromatic heterocycles. The van der Waals surface area contributed by atoms with Gasteiger partial charge in [-0.05, 0) is 48.5 Å². The van der Waals surface area contributed by atoms with Crippen molar-refractivity contribution in [2.45, 2.75) is 0 Å². The third-order valence-electron chi connectivity index (χ3n) is 4.76. The molecule has 0 unspecified atom stereocenters. The van der Waals surface area contributed by atoms with Crippen LogP contribution in [0.3, 0.4) is 0 Å². The van der Waals surface area contributed by atoms with Crippen LogP contribution < -0.4 is 24.3 Å². The summed E-state index contributed by atoms with van der Waals surface area (Å²) >= 11 is 0. The van der Waals surface area contributed by atoms with Crippen LogP contribution in [0.4, 0.5) is 5.69 Å². The van der Waals surface area contributed by atoms with E-state index in [0.717, 1.165) is 0 Å². The lowest BCUT2D eigenvalue weighted by Gasteiger charge is -2.14. The Morgan fingerprint density at radius 2 is 1.55 bits per heavy atom. The molecule has 9 heteroatoms. The molecule has 1 amide bonds. The van der Waals surface area contributed by atoms with Gasteiger partial charge in [0.05, 0.1) is 21.3 Å². The molecule has 4 rings (SSSR count). The van der Waals surface area contributed by atoms with Gasteiger partial charge < -0.3 is 28.8 Å². The lowest BCUT2D eigenvalue weighted by atomic mass is 10.1. The molecule has 9 nitrogen and oxygen atoms in total. The normalized spacial score (nSPS) is 10.4. The van der Waals surface area contributed by atoms with Crippen LogP contribution in [0.25, 0.3) is 5.82 Å². The molecule has 0 aliphatic carbocycles. The van der Waals surface area contributed by atoms with Gasteiger partial charge in [-0.25, -0.2) is 9.97 Å². The van der Waals surface area contributed by atoms with Crippen molar-refractivity contribution in [3.05, 3.63) is 78.9 Å². The van der Waals surface area contributed by atoms with Gasteiger partial charge >= 0.3 is 0 Å². The van der Waals surface area contributed by atoms with Gasteiger partial charge in [-0.2, -0.15) is 0 Å². The van der Waals surface area contributed by atoms with Gasteiger partial charge in [-0.3, -0.25) is 4.79 Å². The lowest BCUT2D eigenvalue weighted by molar-refractivity contribution is 0.102. The number of carbonyl (C=O) groups is 1. The predicted octanol–water partition coefficient (Wildman–Crippen LogP) is 4.34. The Kier molecular flexibility index (Phi) is 6.40. The van der Waals surface area contributed by atoms with Crippen LogP contribution in [0.2, 0.25) is 0 Å². The van der Waals surface area contributed by atoms with Crippen LogP contribution in [-0.4, -0.2) is 41.8 Å². The summed E-state index contributed by atoms with van der Waals surface area (Å²) in [4.78, 5) is 21.1. The van der Waals surface area contributed by atoms with Gasteiger partial charge in [0.2, 0.25) is 11.6 Å². The zero-order valence-corrected chi connectivity index (χ0v) is 18.3. The molecule has 1 N–H and O–H groups in total. The quantitative estimate of drug-likeness (QED) is 0.430. The third-order valence-corrected chi connectivity index (χ3v) is 4.76. The van der Waals surface area contributed by atoms with E-state index in [-0.39, 0.29) is 5.91 Å². The number of amides is 1. The molecule has 0 saturated carbocycles. The molecule has 0 aliphatic heterocycles. The molecule has 0 radical (unpaired) electrons. The van der Waals surface area contributed by atoms with E-state index in [1.54, 1.807) is 42.5 Å². The molecule has 0 saturated heterocycles. The topological polar surface area (TPSA) is 96.7 Å². The average molecular weight is 446 g/mol. The number of nitrogens with one attached hydrogen (secondary N) is 1. The van der Waals surface area contributed by atoms with Gasteiger partial charge in [0, 0.05) is 29.7 Å². The molecule has 33 heavy (non-hydrogen) atoms. The molecule has 0 fully saturated rings. The first kappa shape index (κ1) is 21.7. The number of carbonyl (C=O) groups excluding carboxylic acids is 1. The zero-order valence-electron chi connectivity index (χ0n) is 18.3. The molecule has 0 bridgehead atoms. The Balaban J connectivity index is 1.46. The van der Waals surface area contributed by atoms with E-state index < -0.39 is 0 Å². The zero-order chi connectivity index (χ0) is 23.2. The molecule has 2 aromatic carbocycles. The highest BCUT2D eigenvalue weighted by atomic mass is 16.5. The summed E-state index contributed by atoms with van der Waals surface area (Å²) in [6.45, 7) is 0. The standard InChI is InChI=1S/C24H22N4O5/c1-30-19-12-16(13-20(31-2)23(19)32-3)24(29)27-17-6-8-18(9-7-17)33-22-14-21(25-15-26-22)28-10-4-5-11-28/h4-15H,1-3H3,(H,27,29). The highest BCUT2D eigenvalue weighted by Gasteiger charge is 2.17. The Morgan fingerprint density at radius 3 is 2.15 bits per heavy atom. The molecule has 168 valence electrons. The average Bonchev–Trinajstić information content (AvgIpc) is 3.39. The first-order valence-corrected chi connectivity index (χ1v) is 9.96. The van der Waals surface area contributed by atoms with Crippen LogP contribution in [0.1, 0.15) is 10.4 Å². The van der Waals surface area contributed by atoms with Crippen molar-refractivity contribution in [1.29, 1.82) is 0 Å². The van der Waals surface area contributed by atoms with E-state index in [9.17, 15) is 4.79 Å². The lowest BCUT2D eigenvalue weighted by Crippen LogP contribution is -2.12. The number of benzene rings is 2. The number of nitrogens with zero attached hydrogens (tertiary/aromatic N) is 3. The van der Waals surface area contributed by atoms with E-state index in [2.05, 4.69) is 15.3 Å². The van der Waals surface area contributed by atoms with Crippen LogP contribution >= 0.6 is 0 Å². The van der Waals surface area contributed by atoms with Gasteiger partial charge in [-0.1, -0.05) is 0 Å². The van der Waals surface area contributed by atoms with Gasteiger partial charge in [0.1, 0.15) is 17.9 Å². The van der Waals surface area contributed by atoms with Gasteiger partial charge in [-0.15, -0.1) is 0 Å². The third kappa shape index (κ3) is 4.87. The molecular weight excluding hydrogens is 424 g/mol. The fraction of sp³-hybridized carbons (Fsp3) is 0.125. The number of anilines is 1. The smallest absolute Gasteiger partial charge is 0.255 e. The van der Waals surface area contributed by atoms with Crippen LogP contribution in [0.5, 0.6) is 28.9 Å². The SMILES string of the molecule is COc1cc(C(=O)Nc2ccc(Oc3cc(-n4cccc4)ncn3)cc2)cc(OC)c1OC. The first-order chi connectivity index (χ1) is 16.1. The van der Waals surface area contributed by atoms with Crippen molar-refractivity contribution in [1.82, 2.24) is 14.5 Å². The second-order valence-electron chi connectivity index (χ2n) is 6.80. The minimum Gasteiger partial charge on any atom is -0.493 e. The molecule has 0 atom stereocenters. The summed E-state index contributed by atoms with van der Waals surface area (Å²) in [6.07, 6.45) is 5.21. The molecule has 0 aliphatic rings. The Hall–Kier alpha value is -4.53. The number of hydrogen-bond donors (Lipinski definition) is 1. The second kappa shape index (κ2) is 9.73. The second-order valence-corrected chi connectivity index (χ2v) is 6.80. The maximum absolute atomic E-state index is 12.8. The fourth-order valence-corrected chi connectivity index (χ4v) is 3.16. The summed E-state index contributed by atoms with van der Waals surface area (Å²) in [5.74, 6) is 2.56. The maximum atomic E-state index is 12.8. The maximum Gasteiger partial charge on any atom is 0.255 e. The number of aromatic nitrogens is 3. The summed E-state index contributed by atoms with van der Waals surface area (Å²) in [7, 11) is 4.50. The van der Waals surface area contributed by atoms with Gasteiger partial charge in [0.15, 0.2) is 11.5 Å². The van der Waals surface area contributed by atoms with Crippen molar-refractivity contribution >= 4 is 11.6 Å². The number of hydrogen-bond acceptors (Lipinski definition) is 7. The Bertz CT molecular complexity index is 1220. The molecule has 2 heterocycles. The van der Waals surface area contributed by atoms with Crippen molar-refractivity contribution < 1.29 is 23.7 Å². The first-order valence-electron chi connectivity index (χ1n) is 9.96. The van der Waals surface area contributed by atoms with E-state index in [0.29, 0.717) is 45.9 Å². The predicted molar refractivity (Wildman–Crippen MR) is 122 cm³/mol. The highest BCUT2D eigenvalue weighted by Crippen LogP contribution is 2.38. The summed E-state index contributed by atoms with van der Waals surface area (Å²) in [6, 6.07) is 15.7. The monoisotopic (exact) mass is 446 g/mol. The largest absolute Gasteiger partial charge is 0.493 e. The summed E-state index contributed by atoms with van der Waals surface area (Å²) in [5.41, 5.74) is 0.958. The summed E-state index contributed by atoms with van der Waals surface area (Å²) < 4.78 is 23.6. The van der Waals surface area contributed by atoms with Crippen molar-refractivity contribution in [2.75, 3.05) is 26.6 Å². The summed E-state index contributed by atoms with van der Waals surface area (Å²) in [5, 5.41) is 2.84.